The number of benzene rings is 1. The zero-order chi connectivity index (χ0) is 13.5. The highest BCUT2D eigenvalue weighted by Gasteiger charge is 2.14. The van der Waals surface area contributed by atoms with Gasteiger partial charge in [0.05, 0.1) is 0 Å². The fourth-order valence-corrected chi connectivity index (χ4v) is 1.64. The predicted octanol–water partition coefficient (Wildman–Crippen LogP) is 2.69. The van der Waals surface area contributed by atoms with Crippen LogP contribution in [0.15, 0.2) is 18.2 Å². The second-order valence-corrected chi connectivity index (χ2v) is 4.46. The molecule has 0 amide bonds. The van der Waals surface area contributed by atoms with Crippen LogP contribution in [0.3, 0.4) is 0 Å². The molecule has 4 nitrogen and oxygen atoms in total. The number of hydrogen-bond acceptors (Lipinski definition) is 3. The van der Waals surface area contributed by atoms with Crippen molar-refractivity contribution >= 4 is 17.6 Å². The van der Waals surface area contributed by atoms with E-state index in [2.05, 4.69) is 12.2 Å². The van der Waals surface area contributed by atoms with Crippen LogP contribution in [0.25, 0.3) is 0 Å². The SMILES string of the molecule is CCCNCc1cc(Cl)ccc1OC(C)C(=O)O. The van der Waals surface area contributed by atoms with Gasteiger partial charge in [-0.1, -0.05) is 18.5 Å². The summed E-state index contributed by atoms with van der Waals surface area (Å²) in [6.45, 7) is 5.07. The Kier molecular flexibility index (Phi) is 5.95. The van der Waals surface area contributed by atoms with Gasteiger partial charge in [0.2, 0.25) is 0 Å². The number of halogens is 1. The summed E-state index contributed by atoms with van der Waals surface area (Å²) in [5.41, 5.74) is 0.865. The largest absolute Gasteiger partial charge is 0.479 e. The molecule has 1 atom stereocenters. The number of carboxylic acids is 1. The molecule has 0 aliphatic rings. The molecule has 0 aliphatic heterocycles. The third-order valence-electron chi connectivity index (χ3n) is 2.42. The monoisotopic (exact) mass is 271 g/mol. The molecular formula is C13H18ClNO3. The molecule has 100 valence electrons. The average molecular weight is 272 g/mol. The Morgan fingerprint density at radius 1 is 1.56 bits per heavy atom. The first-order valence-electron chi connectivity index (χ1n) is 5.93. The predicted molar refractivity (Wildman–Crippen MR) is 71.2 cm³/mol. The second-order valence-electron chi connectivity index (χ2n) is 4.03. The Morgan fingerprint density at radius 3 is 2.89 bits per heavy atom. The van der Waals surface area contributed by atoms with E-state index in [1.54, 1.807) is 18.2 Å². The van der Waals surface area contributed by atoms with E-state index in [0.29, 0.717) is 17.3 Å². The van der Waals surface area contributed by atoms with Crippen LogP contribution in [-0.4, -0.2) is 23.7 Å². The zero-order valence-corrected chi connectivity index (χ0v) is 11.3. The van der Waals surface area contributed by atoms with Gasteiger partial charge in [0.15, 0.2) is 6.10 Å². The summed E-state index contributed by atoms with van der Waals surface area (Å²) in [7, 11) is 0. The first-order chi connectivity index (χ1) is 8.54. The van der Waals surface area contributed by atoms with Crippen LogP contribution in [0.5, 0.6) is 5.75 Å². The maximum atomic E-state index is 10.8. The maximum Gasteiger partial charge on any atom is 0.344 e. The molecule has 0 heterocycles. The lowest BCUT2D eigenvalue weighted by Crippen LogP contribution is -2.24. The van der Waals surface area contributed by atoms with Gasteiger partial charge in [-0.15, -0.1) is 0 Å². The van der Waals surface area contributed by atoms with Crippen LogP contribution < -0.4 is 10.1 Å². The highest BCUT2D eigenvalue weighted by atomic mass is 35.5. The summed E-state index contributed by atoms with van der Waals surface area (Å²) >= 11 is 5.93. The van der Waals surface area contributed by atoms with Crippen LogP contribution in [0.2, 0.25) is 5.02 Å². The van der Waals surface area contributed by atoms with Crippen LogP contribution in [0, 0.1) is 0 Å². The van der Waals surface area contributed by atoms with Crippen LogP contribution in [0.1, 0.15) is 25.8 Å². The molecular weight excluding hydrogens is 254 g/mol. The van der Waals surface area contributed by atoms with Crippen molar-refractivity contribution in [1.82, 2.24) is 5.32 Å². The highest BCUT2D eigenvalue weighted by molar-refractivity contribution is 6.30. The maximum absolute atomic E-state index is 10.8. The topological polar surface area (TPSA) is 58.6 Å². The first-order valence-corrected chi connectivity index (χ1v) is 6.31. The molecule has 1 rings (SSSR count). The highest BCUT2D eigenvalue weighted by Crippen LogP contribution is 2.24. The normalized spacial score (nSPS) is 12.2. The van der Waals surface area contributed by atoms with Crippen molar-refractivity contribution in [3.05, 3.63) is 28.8 Å². The Bertz CT molecular complexity index is 409. The minimum absolute atomic E-state index is 0.554. The van der Waals surface area contributed by atoms with Crippen LogP contribution in [-0.2, 0) is 11.3 Å². The van der Waals surface area contributed by atoms with Crippen molar-refractivity contribution in [2.45, 2.75) is 32.9 Å². The molecule has 0 radical (unpaired) electrons. The van der Waals surface area contributed by atoms with Gasteiger partial charge in [-0.3, -0.25) is 0 Å². The standard InChI is InChI=1S/C13H18ClNO3/c1-3-6-15-8-10-7-11(14)4-5-12(10)18-9(2)13(16)17/h4-5,7,9,15H,3,6,8H2,1-2H3,(H,16,17). The summed E-state index contributed by atoms with van der Waals surface area (Å²) in [6, 6.07) is 5.17. The van der Waals surface area contributed by atoms with Crippen molar-refractivity contribution in [2.24, 2.45) is 0 Å². The minimum Gasteiger partial charge on any atom is -0.479 e. The second kappa shape index (κ2) is 7.24. The molecule has 0 spiro atoms. The lowest BCUT2D eigenvalue weighted by atomic mass is 10.2. The molecule has 0 fully saturated rings. The molecule has 0 aliphatic carbocycles. The first kappa shape index (κ1) is 14.8. The molecule has 18 heavy (non-hydrogen) atoms. The molecule has 0 saturated carbocycles. The van der Waals surface area contributed by atoms with E-state index in [0.717, 1.165) is 18.5 Å². The van der Waals surface area contributed by atoms with Gasteiger partial charge in [0.1, 0.15) is 5.75 Å². The summed E-state index contributed by atoms with van der Waals surface area (Å²) in [4.78, 5) is 10.8. The van der Waals surface area contributed by atoms with E-state index in [9.17, 15) is 4.79 Å². The summed E-state index contributed by atoms with van der Waals surface area (Å²) < 4.78 is 5.39. The molecule has 1 unspecified atom stereocenters. The van der Waals surface area contributed by atoms with Gasteiger partial charge in [0.25, 0.3) is 0 Å². The Balaban J connectivity index is 2.78. The molecule has 5 heteroatoms. The van der Waals surface area contributed by atoms with Gasteiger partial charge in [-0.25, -0.2) is 4.79 Å². The summed E-state index contributed by atoms with van der Waals surface area (Å²) in [5.74, 6) is -0.435. The third kappa shape index (κ3) is 4.55. The van der Waals surface area contributed by atoms with E-state index >= 15 is 0 Å². The minimum atomic E-state index is -0.989. The van der Waals surface area contributed by atoms with Gasteiger partial charge < -0.3 is 15.2 Å². The number of ether oxygens (including phenoxy) is 1. The molecule has 0 saturated heterocycles. The van der Waals surface area contributed by atoms with E-state index in [1.807, 2.05) is 0 Å². The van der Waals surface area contributed by atoms with Gasteiger partial charge in [-0.05, 0) is 38.1 Å². The number of aliphatic carboxylic acids is 1. The molecule has 0 aromatic heterocycles. The van der Waals surface area contributed by atoms with Crippen molar-refractivity contribution in [2.75, 3.05) is 6.54 Å². The lowest BCUT2D eigenvalue weighted by molar-refractivity contribution is -0.144. The number of nitrogens with one attached hydrogen (secondary N) is 1. The van der Waals surface area contributed by atoms with Crippen LogP contribution >= 0.6 is 11.6 Å². The molecule has 0 bridgehead atoms. The summed E-state index contributed by atoms with van der Waals surface area (Å²) in [5, 5.41) is 12.7. The Morgan fingerprint density at radius 2 is 2.28 bits per heavy atom. The zero-order valence-electron chi connectivity index (χ0n) is 10.6. The van der Waals surface area contributed by atoms with Crippen molar-refractivity contribution in [3.63, 3.8) is 0 Å². The van der Waals surface area contributed by atoms with E-state index in [-0.39, 0.29) is 0 Å². The molecule has 1 aromatic rings. The Labute approximate surface area is 112 Å². The fraction of sp³-hybridized carbons (Fsp3) is 0.462. The summed E-state index contributed by atoms with van der Waals surface area (Å²) in [6.07, 6.45) is 0.151. The number of hydrogen-bond donors (Lipinski definition) is 2. The number of rotatable bonds is 7. The molecule has 2 N–H and O–H groups in total. The fourth-order valence-electron chi connectivity index (χ4n) is 1.44. The molecule has 1 aromatic carbocycles. The smallest absolute Gasteiger partial charge is 0.344 e. The number of carbonyl (C=O) groups is 1. The van der Waals surface area contributed by atoms with Crippen LogP contribution in [0.4, 0.5) is 0 Å². The average Bonchev–Trinajstić information content (AvgIpc) is 2.32. The third-order valence-corrected chi connectivity index (χ3v) is 2.65. The van der Waals surface area contributed by atoms with E-state index in [4.69, 9.17) is 21.4 Å². The van der Waals surface area contributed by atoms with Crippen molar-refractivity contribution in [1.29, 1.82) is 0 Å². The van der Waals surface area contributed by atoms with E-state index in [1.165, 1.54) is 6.92 Å². The number of carboxylic acid groups (broad SMARTS) is 1. The van der Waals surface area contributed by atoms with Crippen molar-refractivity contribution < 1.29 is 14.6 Å². The van der Waals surface area contributed by atoms with Gasteiger partial charge >= 0.3 is 5.97 Å². The lowest BCUT2D eigenvalue weighted by Gasteiger charge is -2.15. The van der Waals surface area contributed by atoms with E-state index < -0.39 is 12.1 Å². The van der Waals surface area contributed by atoms with Gasteiger partial charge in [0, 0.05) is 17.1 Å². The quantitative estimate of drug-likeness (QED) is 0.749. The van der Waals surface area contributed by atoms with Crippen molar-refractivity contribution in [3.8, 4) is 5.75 Å². The van der Waals surface area contributed by atoms with Gasteiger partial charge in [-0.2, -0.15) is 0 Å². The Hall–Kier alpha value is -1.26.